The monoisotopic (exact) mass is 397 g/mol. The second kappa shape index (κ2) is 9.92. The number of carbonyl (C=O) groups excluding carboxylic acids is 1. The van der Waals surface area contributed by atoms with E-state index >= 15 is 0 Å². The number of nitrogens with one attached hydrogen (secondary N) is 1. The largest absolute Gasteiger partial charge is 0.348 e. The lowest BCUT2D eigenvalue weighted by Gasteiger charge is -2.24. The van der Waals surface area contributed by atoms with Crippen LogP contribution in [-0.4, -0.2) is 68.0 Å². The maximum atomic E-state index is 12.8. The average Bonchev–Trinajstić information content (AvgIpc) is 3.34. The van der Waals surface area contributed by atoms with Crippen molar-refractivity contribution in [2.75, 3.05) is 27.2 Å². The van der Waals surface area contributed by atoms with Crippen LogP contribution >= 0.6 is 0 Å². The third-order valence-electron chi connectivity index (χ3n) is 4.61. The molecule has 0 aromatic carbocycles. The van der Waals surface area contributed by atoms with E-state index in [1.165, 1.54) is 0 Å². The van der Waals surface area contributed by atoms with Crippen molar-refractivity contribution in [1.29, 1.82) is 0 Å². The minimum absolute atomic E-state index is 0.0984. The van der Waals surface area contributed by atoms with E-state index in [2.05, 4.69) is 30.0 Å². The highest BCUT2D eigenvalue weighted by Gasteiger charge is 2.17. The first-order chi connectivity index (χ1) is 14.0. The van der Waals surface area contributed by atoms with Crippen LogP contribution in [0.4, 0.5) is 0 Å². The van der Waals surface area contributed by atoms with Gasteiger partial charge in [-0.25, -0.2) is 4.98 Å². The average molecular weight is 397 g/mol. The number of H-pyrrole nitrogens is 1. The third kappa shape index (κ3) is 5.95. The maximum absolute atomic E-state index is 12.8. The van der Waals surface area contributed by atoms with Crippen LogP contribution < -0.4 is 0 Å². The lowest BCUT2D eigenvalue weighted by atomic mass is 10.2. The molecule has 0 saturated heterocycles. The second-order valence-electron chi connectivity index (χ2n) is 7.20. The summed E-state index contributed by atoms with van der Waals surface area (Å²) in [4.78, 5) is 32.6. The summed E-state index contributed by atoms with van der Waals surface area (Å²) in [7, 11) is 4.00. The first-order valence-electron chi connectivity index (χ1n) is 9.67. The summed E-state index contributed by atoms with van der Waals surface area (Å²) >= 11 is 0. The number of pyridine rings is 1. The van der Waals surface area contributed by atoms with Crippen molar-refractivity contribution in [2.24, 2.45) is 0 Å². The molecule has 3 aromatic rings. The minimum atomic E-state index is 0.0984. The first kappa shape index (κ1) is 20.7. The van der Waals surface area contributed by atoms with Crippen molar-refractivity contribution < 1.29 is 9.32 Å². The number of aromatic nitrogens is 5. The van der Waals surface area contributed by atoms with Gasteiger partial charge in [-0.15, -0.1) is 0 Å². The fourth-order valence-corrected chi connectivity index (χ4v) is 2.86. The number of likely N-dealkylation sites (N-methyl/N-ethyl adjacent to an activating group) is 1. The Morgan fingerprint density at radius 3 is 2.83 bits per heavy atom. The Bertz CT molecular complexity index is 904. The Morgan fingerprint density at radius 1 is 1.28 bits per heavy atom. The van der Waals surface area contributed by atoms with E-state index in [9.17, 15) is 4.79 Å². The Kier molecular flexibility index (Phi) is 7.07. The van der Waals surface area contributed by atoms with Gasteiger partial charge in [-0.3, -0.25) is 9.78 Å². The molecule has 9 heteroatoms. The number of amides is 1. The van der Waals surface area contributed by atoms with Crippen LogP contribution in [0.15, 0.2) is 35.4 Å². The first-order valence-corrected chi connectivity index (χ1v) is 9.67. The molecule has 0 aliphatic heterocycles. The number of nitrogens with zero attached hydrogens (tertiary/aromatic N) is 6. The molecule has 29 heavy (non-hydrogen) atoms. The predicted molar refractivity (Wildman–Crippen MR) is 108 cm³/mol. The van der Waals surface area contributed by atoms with Gasteiger partial charge in [0.05, 0.1) is 18.6 Å². The standard InChI is InChI=1S/C20H27N7O2/c1-15-17(23-14-22-15)13-27(11-10-26(2)3)19(28)8-4-7-18-24-20(25-29-18)16-6-5-9-21-12-16/h5-6,9,12,14H,4,7-8,10-11,13H2,1-3H3,(H,22,23). The Hall–Kier alpha value is -3.07. The molecule has 0 unspecified atom stereocenters. The van der Waals surface area contributed by atoms with Gasteiger partial charge in [-0.1, -0.05) is 5.16 Å². The lowest BCUT2D eigenvalue weighted by molar-refractivity contribution is -0.132. The quantitative estimate of drug-likeness (QED) is 0.558. The number of hydrogen-bond acceptors (Lipinski definition) is 7. The van der Waals surface area contributed by atoms with Crippen molar-refractivity contribution in [3.8, 4) is 11.4 Å². The smallest absolute Gasteiger partial charge is 0.226 e. The van der Waals surface area contributed by atoms with Gasteiger partial charge in [0.2, 0.25) is 17.6 Å². The SMILES string of the molecule is Cc1[nH]cnc1CN(CCN(C)C)C(=O)CCCc1nc(-c2cccnc2)no1. The number of carbonyl (C=O) groups is 1. The highest BCUT2D eigenvalue weighted by molar-refractivity contribution is 5.76. The highest BCUT2D eigenvalue weighted by Crippen LogP contribution is 2.15. The number of aryl methyl sites for hydroxylation is 2. The van der Waals surface area contributed by atoms with Crippen LogP contribution in [0.3, 0.4) is 0 Å². The summed E-state index contributed by atoms with van der Waals surface area (Å²) < 4.78 is 5.31. The summed E-state index contributed by atoms with van der Waals surface area (Å²) in [6, 6.07) is 3.71. The Balaban J connectivity index is 1.54. The van der Waals surface area contributed by atoms with Gasteiger partial charge in [0, 0.05) is 49.6 Å². The topological polar surface area (TPSA) is 104 Å². The zero-order chi connectivity index (χ0) is 20.6. The van der Waals surface area contributed by atoms with Gasteiger partial charge in [0.25, 0.3) is 0 Å². The molecule has 3 rings (SSSR count). The zero-order valence-electron chi connectivity index (χ0n) is 17.1. The summed E-state index contributed by atoms with van der Waals surface area (Å²) in [6.45, 7) is 3.93. The van der Waals surface area contributed by atoms with Crippen LogP contribution in [0.25, 0.3) is 11.4 Å². The van der Waals surface area contributed by atoms with E-state index in [0.717, 1.165) is 23.5 Å². The zero-order valence-corrected chi connectivity index (χ0v) is 17.1. The molecule has 0 radical (unpaired) electrons. The molecule has 0 saturated carbocycles. The fraction of sp³-hybridized carbons (Fsp3) is 0.450. The van der Waals surface area contributed by atoms with E-state index in [4.69, 9.17) is 4.52 Å². The van der Waals surface area contributed by atoms with Gasteiger partial charge in [0.1, 0.15) is 0 Å². The summed E-state index contributed by atoms with van der Waals surface area (Å²) in [5.41, 5.74) is 2.69. The Morgan fingerprint density at radius 2 is 2.14 bits per heavy atom. The van der Waals surface area contributed by atoms with Gasteiger partial charge >= 0.3 is 0 Å². The molecule has 1 amide bonds. The number of rotatable bonds is 10. The molecule has 9 nitrogen and oxygen atoms in total. The summed E-state index contributed by atoms with van der Waals surface area (Å²) in [5.74, 6) is 1.14. The van der Waals surface area contributed by atoms with Crippen LogP contribution in [-0.2, 0) is 17.8 Å². The molecular weight excluding hydrogens is 370 g/mol. The van der Waals surface area contributed by atoms with Gasteiger partial charge < -0.3 is 19.3 Å². The third-order valence-corrected chi connectivity index (χ3v) is 4.61. The van der Waals surface area contributed by atoms with Gasteiger partial charge in [-0.05, 0) is 39.6 Å². The van der Waals surface area contributed by atoms with Crippen LogP contribution in [0.5, 0.6) is 0 Å². The highest BCUT2D eigenvalue weighted by atomic mass is 16.5. The van der Waals surface area contributed by atoms with Crippen molar-refractivity contribution >= 4 is 5.91 Å². The summed E-state index contributed by atoms with van der Waals surface area (Å²) in [6.07, 6.45) is 6.67. The molecule has 0 atom stereocenters. The molecule has 154 valence electrons. The van der Waals surface area contributed by atoms with Gasteiger partial charge in [0.15, 0.2) is 0 Å². The van der Waals surface area contributed by atoms with Crippen molar-refractivity contribution in [2.45, 2.75) is 32.7 Å². The molecule has 3 aromatic heterocycles. The van der Waals surface area contributed by atoms with Crippen LogP contribution in [0.2, 0.25) is 0 Å². The van der Waals surface area contributed by atoms with E-state index in [-0.39, 0.29) is 5.91 Å². The molecule has 0 aliphatic carbocycles. The van der Waals surface area contributed by atoms with E-state index in [1.54, 1.807) is 18.7 Å². The maximum Gasteiger partial charge on any atom is 0.226 e. The lowest BCUT2D eigenvalue weighted by Crippen LogP contribution is -2.36. The van der Waals surface area contributed by atoms with Crippen LogP contribution in [0, 0.1) is 6.92 Å². The number of hydrogen-bond donors (Lipinski definition) is 1. The molecule has 1 N–H and O–H groups in total. The molecule has 0 fully saturated rings. The van der Waals surface area contributed by atoms with Crippen molar-refractivity contribution in [3.05, 3.63) is 48.1 Å². The van der Waals surface area contributed by atoms with Gasteiger partial charge in [-0.2, -0.15) is 4.98 Å². The van der Waals surface area contributed by atoms with E-state index in [1.807, 2.05) is 38.1 Å². The second-order valence-corrected chi connectivity index (χ2v) is 7.20. The number of imidazole rings is 1. The molecule has 3 heterocycles. The van der Waals surface area contributed by atoms with Crippen molar-refractivity contribution in [1.82, 2.24) is 34.9 Å². The van der Waals surface area contributed by atoms with Crippen molar-refractivity contribution in [3.63, 3.8) is 0 Å². The molecule has 0 aliphatic rings. The predicted octanol–water partition coefficient (Wildman–Crippen LogP) is 2.08. The number of aromatic amines is 1. The molecule has 0 spiro atoms. The normalized spacial score (nSPS) is 11.2. The Labute approximate surface area is 170 Å². The van der Waals surface area contributed by atoms with Crippen LogP contribution in [0.1, 0.15) is 30.1 Å². The molecule has 0 bridgehead atoms. The minimum Gasteiger partial charge on any atom is -0.348 e. The fourth-order valence-electron chi connectivity index (χ4n) is 2.86. The summed E-state index contributed by atoms with van der Waals surface area (Å²) in [5, 5.41) is 3.99. The van der Waals surface area contributed by atoms with E-state index < -0.39 is 0 Å². The molecular formula is C20H27N7O2. The van der Waals surface area contributed by atoms with E-state index in [0.29, 0.717) is 44.1 Å².